The van der Waals surface area contributed by atoms with E-state index in [0.29, 0.717) is 25.0 Å². The van der Waals surface area contributed by atoms with Crippen LogP contribution in [-0.2, 0) is 11.3 Å². The maximum Gasteiger partial charge on any atom is 0.242 e. The molecule has 128 valence electrons. The van der Waals surface area contributed by atoms with Gasteiger partial charge in [-0.1, -0.05) is 44.2 Å². The molecule has 0 saturated carbocycles. The van der Waals surface area contributed by atoms with Crippen molar-refractivity contribution in [3.63, 3.8) is 0 Å². The molecule has 2 N–H and O–H groups in total. The van der Waals surface area contributed by atoms with Crippen LogP contribution >= 0.6 is 0 Å². The summed E-state index contributed by atoms with van der Waals surface area (Å²) in [7, 11) is 1.72. The molecule has 0 aromatic heterocycles. The van der Waals surface area contributed by atoms with Crippen molar-refractivity contribution in [1.29, 1.82) is 0 Å². The number of likely N-dealkylation sites (N-methyl/N-ethyl adjacent to an activating group) is 1. The molecule has 0 aliphatic carbocycles. The maximum absolute atomic E-state index is 12.4. The van der Waals surface area contributed by atoms with Crippen LogP contribution < -0.4 is 10.6 Å². The number of rotatable bonds is 8. The zero-order valence-electron chi connectivity index (χ0n) is 14.8. The van der Waals surface area contributed by atoms with E-state index >= 15 is 0 Å². The monoisotopic (exact) mass is 318 g/mol. The molecule has 0 heterocycles. The number of benzene rings is 1. The second-order valence-electron chi connectivity index (χ2n) is 5.93. The van der Waals surface area contributed by atoms with Crippen molar-refractivity contribution in [3.05, 3.63) is 35.9 Å². The van der Waals surface area contributed by atoms with Crippen LogP contribution in [0.5, 0.6) is 0 Å². The van der Waals surface area contributed by atoms with Gasteiger partial charge in [-0.3, -0.25) is 9.79 Å². The van der Waals surface area contributed by atoms with Gasteiger partial charge in [-0.2, -0.15) is 0 Å². The van der Waals surface area contributed by atoms with E-state index in [9.17, 15) is 4.79 Å². The molecule has 1 amide bonds. The Balaban J connectivity index is 2.43. The van der Waals surface area contributed by atoms with Gasteiger partial charge in [0.05, 0.1) is 6.54 Å². The Morgan fingerprint density at radius 1 is 1.22 bits per heavy atom. The molecule has 0 fully saturated rings. The summed E-state index contributed by atoms with van der Waals surface area (Å²) in [5.74, 6) is 1.39. The minimum atomic E-state index is 0.0724. The molecule has 0 spiro atoms. The molecular formula is C18H30N4O. The Morgan fingerprint density at radius 2 is 1.91 bits per heavy atom. The number of carbonyl (C=O) groups excluding carboxylic acids is 1. The lowest BCUT2D eigenvalue weighted by molar-refractivity contribution is -0.130. The van der Waals surface area contributed by atoms with E-state index < -0.39 is 0 Å². The minimum absolute atomic E-state index is 0.0724. The fourth-order valence-corrected chi connectivity index (χ4v) is 2.15. The Bertz CT molecular complexity index is 485. The van der Waals surface area contributed by atoms with E-state index in [1.54, 1.807) is 7.05 Å². The van der Waals surface area contributed by atoms with Gasteiger partial charge in [-0.25, -0.2) is 0 Å². The summed E-state index contributed by atoms with van der Waals surface area (Å²) in [5.41, 5.74) is 1.14. The number of carbonyl (C=O) groups is 1. The van der Waals surface area contributed by atoms with Crippen molar-refractivity contribution >= 4 is 11.9 Å². The fraction of sp³-hybridized carbons (Fsp3) is 0.556. The number of nitrogens with zero attached hydrogens (tertiary/aromatic N) is 2. The molecule has 1 aromatic carbocycles. The molecule has 1 aromatic rings. The third-order valence-electron chi connectivity index (χ3n) is 3.60. The third kappa shape index (κ3) is 7.68. The van der Waals surface area contributed by atoms with Gasteiger partial charge < -0.3 is 15.5 Å². The number of hydrogen-bond donors (Lipinski definition) is 2. The second kappa shape index (κ2) is 10.6. The van der Waals surface area contributed by atoms with Gasteiger partial charge in [0.1, 0.15) is 0 Å². The van der Waals surface area contributed by atoms with E-state index in [1.807, 2.05) is 42.2 Å². The Hall–Kier alpha value is -2.04. The molecule has 0 bridgehead atoms. The van der Waals surface area contributed by atoms with Crippen LogP contribution in [0.4, 0.5) is 0 Å². The maximum atomic E-state index is 12.4. The number of amides is 1. The second-order valence-corrected chi connectivity index (χ2v) is 5.93. The highest BCUT2D eigenvalue weighted by Crippen LogP contribution is 2.04. The van der Waals surface area contributed by atoms with Crippen LogP contribution in [-0.4, -0.2) is 43.4 Å². The summed E-state index contributed by atoms with van der Waals surface area (Å²) in [6.45, 7) is 8.80. The first-order chi connectivity index (χ1) is 11.1. The largest absolute Gasteiger partial charge is 0.356 e. The number of hydrogen-bond acceptors (Lipinski definition) is 2. The van der Waals surface area contributed by atoms with Crippen molar-refractivity contribution in [1.82, 2.24) is 15.5 Å². The quantitative estimate of drug-likeness (QED) is 0.571. The van der Waals surface area contributed by atoms with Crippen LogP contribution in [0.25, 0.3) is 0 Å². The molecule has 0 aliphatic rings. The van der Waals surface area contributed by atoms with E-state index in [0.717, 1.165) is 18.5 Å². The van der Waals surface area contributed by atoms with E-state index in [2.05, 4.69) is 29.5 Å². The third-order valence-corrected chi connectivity index (χ3v) is 3.60. The number of guanidine groups is 1. The van der Waals surface area contributed by atoms with Crippen LogP contribution in [0.3, 0.4) is 0 Å². The highest BCUT2D eigenvalue weighted by atomic mass is 16.2. The van der Waals surface area contributed by atoms with Crippen molar-refractivity contribution in [2.24, 2.45) is 10.9 Å². The van der Waals surface area contributed by atoms with Crippen LogP contribution in [0.15, 0.2) is 35.3 Å². The van der Waals surface area contributed by atoms with E-state index in [4.69, 9.17) is 0 Å². The van der Waals surface area contributed by atoms with Gasteiger partial charge in [0.2, 0.25) is 5.91 Å². The summed E-state index contributed by atoms with van der Waals surface area (Å²) in [5, 5.41) is 6.32. The molecule has 1 rings (SSSR count). The summed E-state index contributed by atoms with van der Waals surface area (Å²) < 4.78 is 0. The standard InChI is InChI=1S/C18H30N4O/c1-5-22(14-16-9-7-6-8-10-16)17(23)13-21-18(19-4)20-12-11-15(2)3/h6-10,15H,5,11-14H2,1-4H3,(H2,19,20,21). The topological polar surface area (TPSA) is 56.7 Å². The summed E-state index contributed by atoms with van der Waals surface area (Å²) in [6.07, 6.45) is 1.07. The smallest absolute Gasteiger partial charge is 0.242 e. The number of nitrogens with one attached hydrogen (secondary N) is 2. The molecule has 0 saturated heterocycles. The summed E-state index contributed by atoms with van der Waals surface area (Å²) >= 11 is 0. The van der Waals surface area contributed by atoms with Crippen molar-refractivity contribution < 1.29 is 4.79 Å². The van der Waals surface area contributed by atoms with Gasteiger partial charge in [-0.05, 0) is 24.8 Å². The molecule has 23 heavy (non-hydrogen) atoms. The lowest BCUT2D eigenvalue weighted by Crippen LogP contribution is -2.44. The van der Waals surface area contributed by atoms with Gasteiger partial charge >= 0.3 is 0 Å². The van der Waals surface area contributed by atoms with E-state index in [1.165, 1.54) is 0 Å². The van der Waals surface area contributed by atoms with Gasteiger partial charge in [0, 0.05) is 26.7 Å². The zero-order valence-corrected chi connectivity index (χ0v) is 14.8. The minimum Gasteiger partial charge on any atom is -0.356 e. The molecular weight excluding hydrogens is 288 g/mol. The average Bonchev–Trinajstić information content (AvgIpc) is 2.56. The van der Waals surface area contributed by atoms with Crippen molar-refractivity contribution in [2.45, 2.75) is 33.7 Å². The van der Waals surface area contributed by atoms with Gasteiger partial charge in [-0.15, -0.1) is 0 Å². The lowest BCUT2D eigenvalue weighted by Gasteiger charge is -2.22. The predicted octanol–water partition coefficient (Wildman–Crippen LogP) is 2.25. The average molecular weight is 318 g/mol. The van der Waals surface area contributed by atoms with Crippen LogP contribution in [0, 0.1) is 5.92 Å². The highest BCUT2D eigenvalue weighted by Gasteiger charge is 2.12. The fourth-order valence-electron chi connectivity index (χ4n) is 2.15. The highest BCUT2D eigenvalue weighted by molar-refractivity contribution is 5.86. The predicted molar refractivity (Wildman–Crippen MR) is 96.4 cm³/mol. The zero-order chi connectivity index (χ0) is 17.1. The molecule has 0 aliphatic heterocycles. The first-order valence-electron chi connectivity index (χ1n) is 8.33. The Kier molecular flexibility index (Phi) is 8.80. The number of aliphatic imine (C=N–C) groups is 1. The molecule has 0 unspecified atom stereocenters. The molecule has 5 nitrogen and oxygen atoms in total. The lowest BCUT2D eigenvalue weighted by atomic mass is 10.1. The summed E-state index contributed by atoms with van der Waals surface area (Å²) in [4.78, 5) is 18.3. The Morgan fingerprint density at radius 3 is 2.48 bits per heavy atom. The van der Waals surface area contributed by atoms with Gasteiger partial charge in [0.15, 0.2) is 5.96 Å². The SMILES string of the molecule is CCN(Cc1ccccc1)C(=O)CNC(=NC)NCCC(C)C. The first kappa shape index (κ1) is 19.0. The molecule has 0 radical (unpaired) electrons. The van der Waals surface area contributed by atoms with Crippen molar-refractivity contribution in [2.75, 3.05) is 26.7 Å². The van der Waals surface area contributed by atoms with Gasteiger partial charge in [0.25, 0.3) is 0 Å². The Labute approximate surface area is 140 Å². The van der Waals surface area contributed by atoms with Crippen LogP contribution in [0.2, 0.25) is 0 Å². The van der Waals surface area contributed by atoms with E-state index in [-0.39, 0.29) is 12.5 Å². The van der Waals surface area contributed by atoms with Crippen LogP contribution in [0.1, 0.15) is 32.8 Å². The molecule has 0 atom stereocenters. The normalized spacial score (nSPS) is 11.4. The first-order valence-corrected chi connectivity index (χ1v) is 8.33. The summed E-state index contributed by atoms with van der Waals surface area (Å²) in [6, 6.07) is 10.0. The van der Waals surface area contributed by atoms with Crippen molar-refractivity contribution in [3.8, 4) is 0 Å². The molecule has 5 heteroatoms.